The molecule has 0 radical (unpaired) electrons. The first-order chi connectivity index (χ1) is 4.24. The molecule has 3 nitrogen and oxygen atoms in total. The molecule has 0 aliphatic carbocycles. The fourth-order valence-corrected chi connectivity index (χ4v) is 1.02. The number of carbonyl (C=O) groups is 1. The lowest BCUT2D eigenvalue weighted by atomic mass is 10.3. The number of rotatable bonds is 1. The molecular weight excluding hydrogens is 116 g/mol. The van der Waals surface area contributed by atoms with Crippen LogP contribution in [0.3, 0.4) is 0 Å². The van der Waals surface area contributed by atoms with E-state index >= 15 is 0 Å². The Labute approximate surface area is 55.0 Å². The zero-order chi connectivity index (χ0) is 6.85. The fourth-order valence-electron chi connectivity index (χ4n) is 1.02. The van der Waals surface area contributed by atoms with Gasteiger partial charge in [0, 0.05) is 19.0 Å². The predicted octanol–water partition coefficient (Wildman–Crippen LogP) is 0.132. The molecule has 1 N–H and O–H groups in total. The van der Waals surface area contributed by atoms with Crippen LogP contribution in [0.15, 0.2) is 0 Å². The van der Waals surface area contributed by atoms with E-state index in [4.69, 9.17) is 0 Å². The van der Waals surface area contributed by atoms with Crippen LogP contribution >= 0.6 is 0 Å². The number of hydrogen-bond donors (Lipinski definition) is 1. The molecule has 0 bridgehead atoms. The van der Waals surface area contributed by atoms with E-state index in [9.17, 15) is 4.79 Å². The summed E-state index contributed by atoms with van der Waals surface area (Å²) in [4.78, 5) is 10.9. The van der Waals surface area contributed by atoms with Crippen molar-refractivity contribution in [2.24, 2.45) is 0 Å². The van der Waals surface area contributed by atoms with E-state index in [2.05, 4.69) is 5.43 Å². The Morgan fingerprint density at radius 2 is 2.56 bits per heavy atom. The third-order valence-corrected chi connectivity index (χ3v) is 1.47. The van der Waals surface area contributed by atoms with Crippen molar-refractivity contribution in [3.63, 3.8) is 0 Å². The Morgan fingerprint density at radius 3 is 2.78 bits per heavy atom. The third kappa shape index (κ3) is 1.21. The van der Waals surface area contributed by atoms with E-state index in [1.165, 1.54) is 0 Å². The maximum atomic E-state index is 10.9. The molecule has 0 aromatic rings. The van der Waals surface area contributed by atoms with Crippen LogP contribution in [0.2, 0.25) is 0 Å². The number of amides is 1. The van der Waals surface area contributed by atoms with Gasteiger partial charge in [-0.15, -0.1) is 0 Å². The molecule has 1 aliphatic heterocycles. The average Bonchev–Trinajstić information content (AvgIpc) is 2.10. The summed E-state index contributed by atoms with van der Waals surface area (Å²) in [6.45, 7) is 4.74. The molecule has 0 aromatic carbocycles. The summed E-state index contributed by atoms with van der Waals surface area (Å²) in [5.41, 5.74) is 3.04. The van der Waals surface area contributed by atoms with Gasteiger partial charge in [-0.1, -0.05) is 0 Å². The topological polar surface area (TPSA) is 32.3 Å². The predicted molar refractivity (Wildman–Crippen MR) is 34.6 cm³/mol. The molecule has 1 saturated heterocycles. The highest BCUT2D eigenvalue weighted by molar-refractivity contribution is 5.78. The molecule has 1 atom stereocenters. The summed E-state index contributed by atoms with van der Waals surface area (Å²) in [6.07, 6.45) is 0.647. The minimum atomic E-state index is 0.213. The maximum absolute atomic E-state index is 10.9. The van der Waals surface area contributed by atoms with Gasteiger partial charge in [-0.05, 0) is 13.8 Å². The van der Waals surface area contributed by atoms with Crippen LogP contribution in [0.1, 0.15) is 20.3 Å². The first-order valence-electron chi connectivity index (χ1n) is 3.30. The Bertz CT molecular complexity index is 124. The Morgan fingerprint density at radius 1 is 1.89 bits per heavy atom. The van der Waals surface area contributed by atoms with E-state index in [0.29, 0.717) is 12.5 Å². The molecule has 9 heavy (non-hydrogen) atoms. The molecule has 1 amide bonds. The van der Waals surface area contributed by atoms with Gasteiger partial charge in [0.2, 0.25) is 5.91 Å². The van der Waals surface area contributed by atoms with Crippen molar-refractivity contribution in [1.29, 1.82) is 0 Å². The molecule has 0 saturated carbocycles. The number of nitrogens with zero attached hydrogens (tertiary/aromatic N) is 1. The zero-order valence-corrected chi connectivity index (χ0v) is 5.85. The van der Waals surface area contributed by atoms with Gasteiger partial charge < -0.3 is 0 Å². The van der Waals surface area contributed by atoms with Crippen LogP contribution in [-0.2, 0) is 4.79 Å². The smallest absolute Gasteiger partial charge is 0.238 e. The summed E-state index contributed by atoms with van der Waals surface area (Å²) >= 11 is 0. The molecule has 1 fully saturated rings. The van der Waals surface area contributed by atoms with E-state index in [-0.39, 0.29) is 5.91 Å². The second kappa shape index (κ2) is 2.35. The molecule has 52 valence electrons. The molecule has 0 aromatic heterocycles. The molecule has 1 heterocycles. The van der Waals surface area contributed by atoms with Gasteiger partial charge in [0.1, 0.15) is 0 Å². The Hall–Kier alpha value is -0.570. The molecule has 3 heteroatoms. The van der Waals surface area contributed by atoms with Gasteiger partial charge in [0.15, 0.2) is 0 Å². The lowest BCUT2D eigenvalue weighted by molar-refractivity contribution is -0.129. The summed E-state index contributed by atoms with van der Waals surface area (Å²) in [5, 5.41) is 1.66. The van der Waals surface area contributed by atoms with Gasteiger partial charge in [0.25, 0.3) is 0 Å². The van der Waals surface area contributed by atoms with E-state index in [0.717, 1.165) is 6.54 Å². The molecule has 0 spiro atoms. The number of hydrogen-bond acceptors (Lipinski definition) is 2. The molecular formula is C6H12N2O. The van der Waals surface area contributed by atoms with Crippen LogP contribution in [-0.4, -0.2) is 23.5 Å². The standard InChI is InChI=1S/C6H12N2O/c1-3-8-6(9)4-5(2)7-8/h5,7H,3-4H2,1-2H3. The van der Waals surface area contributed by atoms with Crippen molar-refractivity contribution >= 4 is 5.91 Å². The van der Waals surface area contributed by atoms with Crippen LogP contribution in [0.5, 0.6) is 0 Å². The van der Waals surface area contributed by atoms with Gasteiger partial charge in [0.05, 0.1) is 0 Å². The van der Waals surface area contributed by atoms with Crippen molar-refractivity contribution in [2.45, 2.75) is 26.3 Å². The quantitative estimate of drug-likeness (QED) is 0.544. The van der Waals surface area contributed by atoms with Gasteiger partial charge in [-0.25, -0.2) is 5.43 Å². The molecule has 1 aliphatic rings. The number of hydrazine groups is 1. The Balaban J connectivity index is 2.48. The van der Waals surface area contributed by atoms with Crippen LogP contribution in [0.25, 0.3) is 0 Å². The summed E-state index contributed by atoms with van der Waals surface area (Å²) < 4.78 is 0. The largest absolute Gasteiger partial charge is 0.278 e. The second-order valence-electron chi connectivity index (χ2n) is 2.37. The first kappa shape index (κ1) is 6.55. The third-order valence-electron chi connectivity index (χ3n) is 1.47. The highest BCUT2D eigenvalue weighted by Crippen LogP contribution is 2.04. The van der Waals surface area contributed by atoms with E-state index < -0.39 is 0 Å². The Kier molecular flexibility index (Phi) is 1.71. The lowest BCUT2D eigenvalue weighted by Crippen LogP contribution is -2.36. The van der Waals surface area contributed by atoms with Crippen molar-refractivity contribution in [3.05, 3.63) is 0 Å². The van der Waals surface area contributed by atoms with Gasteiger partial charge in [-0.2, -0.15) is 0 Å². The van der Waals surface area contributed by atoms with E-state index in [1.54, 1.807) is 5.01 Å². The summed E-state index contributed by atoms with van der Waals surface area (Å²) in [7, 11) is 0. The zero-order valence-electron chi connectivity index (χ0n) is 5.85. The normalized spacial score (nSPS) is 27.6. The van der Waals surface area contributed by atoms with Crippen LogP contribution in [0.4, 0.5) is 0 Å². The van der Waals surface area contributed by atoms with Crippen LogP contribution in [0, 0.1) is 0 Å². The lowest BCUT2D eigenvalue weighted by Gasteiger charge is -2.12. The number of nitrogens with one attached hydrogen (secondary N) is 1. The van der Waals surface area contributed by atoms with Crippen molar-refractivity contribution in [2.75, 3.05) is 6.54 Å². The van der Waals surface area contributed by atoms with Crippen LogP contribution < -0.4 is 5.43 Å². The highest BCUT2D eigenvalue weighted by atomic mass is 16.2. The molecule has 1 unspecified atom stereocenters. The summed E-state index contributed by atoms with van der Waals surface area (Å²) in [5.74, 6) is 0.213. The molecule has 1 rings (SSSR count). The highest BCUT2D eigenvalue weighted by Gasteiger charge is 2.23. The minimum absolute atomic E-state index is 0.213. The first-order valence-corrected chi connectivity index (χ1v) is 3.30. The second-order valence-corrected chi connectivity index (χ2v) is 2.37. The average molecular weight is 128 g/mol. The van der Waals surface area contributed by atoms with Gasteiger partial charge in [-0.3, -0.25) is 9.80 Å². The van der Waals surface area contributed by atoms with Crippen molar-refractivity contribution in [1.82, 2.24) is 10.4 Å². The van der Waals surface area contributed by atoms with Crippen molar-refractivity contribution < 1.29 is 4.79 Å². The van der Waals surface area contributed by atoms with Gasteiger partial charge >= 0.3 is 0 Å². The van der Waals surface area contributed by atoms with Crippen molar-refractivity contribution in [3.8, 4) is 0 Å². The van der Waals surface area contributed by atoms with E-state index in [1.807, 2.05) is 13.8 Å². The number of carbonyl (C=O) groups excluding carboxylic acids is 1. The minimum Gasteiger partial charge on any atom is -0.278 e. The SMILES string of the molecule is CCN1NC(C)CC1=O. The monoisotopic (exact) mass is 128 g/mol. The summed E-state index contributed by atoms with van der Waals surface area (Å²) in [6, 6.07) is 0.331. The maximum Gasteiger partial charge on any atom is 0.238 e. The fraction of sp³-hybridized carbons (Fsp3) is 0.833.